The molecule has 0 aromatic rings. The van der Waals surface area contributed by atoms with Gasteiger partial charge in [0.2, 0.25) is 0 Å². The van der Waals surface area contributed by atoms with E-state index in [-0.39, 0.29) is 19.8 Å². The molecule has 254 valence electrons. The minimum atomic E-state index is -0.681. The Hall–Kier alpha value is -0.660. The Labute approximate surface area is 271 Å². The van der Waals surface area contributed by atoms with Crippen LogP contribution in [0.15, 0.2) is 0 Å². The van der Waals surface area contributed by atoms with Crippen LogP contribution in [0.5, 0.6) is 0 Å². The lowest BCUT2D eigenvalue weighted by Gasteiger charge is -2.24. The Morgan fingerprint density at radius 3 is 0.810 bits per heavy atom. The summed E-state index contributed by atoms with van der Waals surface area (Å²) in [5, 5.41) is 50.9. The number of aliphatic hydroxyl groups is 3. The molecule has 0 heterocycles. The highest BCUT2D eigenvalue weighted by molar-refractivity contribution is 7.80. The molecule has 9 nitrogen and oxygen atoms in total. The molecule has 0 aliphatic rings. The fraction of sp³-hybridized carbons (Fsp3) is 0.900. The van der Waals surface area contributed by atoms with Gasteiger partial charge in [-0.3, -0.25) is 14.4 Å². The fourth-order valence-electron chi connectivity index (χ4n) is 3.24. The van der Waals surface area contributed by atoms with E-state index in [1.807, 2.05) is 6.92 Å². The molecule has 12 heteroatoms. The van der Waals surface area contributed by atoms with Crippen LogP contribution in [0.25, 0.3) is 0 Å². The standard InChI is InChI=1S/3C8H16O2S.C6H14O3/c3*9-8(10)6-4-2-1-3-5-7-11;1-2-6(3-7,4-8)5-9/h3*11H,1-7H2,(H,9,10);7-9H,2-5H2,1H3. The van der Waals surface area contributed by atoms with E-state index in [9.17, 15) is 14.4 Å². The molecule has 0 aromatic heterocycles. The number of hydrogen-bond donors (Lipinski definition) is 9. The van der Waals surface area contributed by atoms with Gasteiger partial charge in [0.25, 0.3) is 0 Å². The molecule has 6 N–H and O–H groups in total. The van der Waals surface area contributed by atoms with E-state index < -0.39 is 23.3 Å². The van der Waals surface area contributed by atoms with Crippen LogP contribution < -0.4 is 0 Å². The highest BCUT2D eigenvalue weighted by Crippen LogP contribution is 2.18. The molecule has 42 heavy (non-hydrogen) atoms. The molecule has 0 atom stereocenters. The summed E-state index contributed by atoms with van der Waals surface area (Å²) in [6, 6.07) is 0. The normalized spacial score (nSPS) is 10.4. The summed E-state index contributed by atoms with van der Waals surface area (Å²) in [6.45, 7) is 1.35. The third kappa shape index (κ3) is 46.3. The first-order valence-electron chi connectivity index (χ1n) is 15.4. The molecule has 0 unspecified atom stereocenters. The second-order valence-electron chi connectivity index (χ2n) is 10.2. The number of carbonyl (C=O) groups is 3. The predicted molar refractivity (Wildman–Crippen MR) is 182 cm³/mol. The molecule has 0 amide bonds. The molecule has 0 saturated carbocycles. The monoisotopic (exact) mass is 662 g/mol. The first-order valence-corrected chi connectivity index (χ1v) is 17.3. The van der Waals surface area contributed by atoms with E-state index in [2.05, 4.69) is 37.9 Å². The number of unbranched alkanes of at least 4 members (excludes halogenated alkanes) is 12. The van der Waals surface area contributed by atoms with Crippen LogP contribution >= 0.6 is 37.9 Å². The van der Waals surface area contributed by atoms with Crippen molar-refractivity contribution in [2.24, 2.45) is 5.41 Å². The van der Waals surface area contributed by atoms with Crippen LogP contribution in [-0.2, 0) is 14.4 Å². The van der Waals surface area contributed by atoms with Crippen molar-refractivity contribution < 1.29 is 45.0 Å². The molecule has 0 rings (SSSR count). The van der Waals surface area contributed by atoms with Crippen LogP contribution in [0.4, 0.5) is 0 Å². The highest BCUT2D eigenvalue weighted by Gasteiger charge is 2.24. The van der Waals surface area contributed by atoms with Gasteiger partial charge in [-0.2, -0.15) is 37.9 Å². The Bertz CT molecular complexity index is 499. The zero-order valence-corrected chi connectivity index (χ0v) is 28.6. The molecule has 0 aliphatic heterocycles. The molecule has 0 saturated heterocycles. The van der Waals surface area contributed by atoms with Crippen LogP contribution in [0, 0.1) is 5.41 Å². The maximum atomic E-state index is 10.1. The summed E-state index contributed by atoms with van der Waals surface area (Å²) in [6.07, 6.45) is 17.6. The topological polar surface area (TPSA) is 173 Å². The van der Waals surface area contributed by atoms with Gasteiger partial charge in [0.05, 0.1) is 19.8 Å². The number of aliphatic carboxylic acids is 3. The average molecular weight is 663 g/mol. The highest BCUT2D eigenvalue weighted by atomic mass is 32.1. The Morgan fingerprint density at radius 1 is 0.452 bits per heavy atom. The summed E-state index contributed by atoms with van der Waals surface area (Å²) in [5.74, 6) is 0.786. The zero-order valence-electron chi connectivity index (χ0n) is 25.9. The zero-order chi connectivity index (χ0) is 32.9. The van der Waals surface area contributed by atoms with Crippen molar-refractivity contribution >= 4 is 55.8 Å². The van der Waals surface area contributed by atoms with Crippen molar-refractivity contribution in [2.45, 2.75) is 129 Å². The maximum Gasteiger partial charge on any atom is 0.303 e. The van der Waals surface area contributed by atoms with Crippen molar-refractivity contribution in [1.82, 2.24) is 0 Å². The first-order chi connectivity index (χ1) is 20.1. The lowest BCUT2D eigenvalue weighted by atomic mass is 9.88. The third-order valence-corrected chi connectivity index (χ3v) is 7.35. The molecule has 0 spiro atoms. The van der Waals surface area contributed by atoms with Gasteiger partial charge < -0.3 is 30.6 Å². The summed E-state index contributed by atoms with van der Waals surface area (Å²) < 4.78 is 0. The Morgan fingerprint density at radius 2 is 0.667 bits per heavy atom. The smallest absolute Gasteiger partial charge is 0.303 e. The number of aliphatic hydroxyl groups excluding tert-OH is 3. The van der Waals surface area contributed by atoms with Gasteiger partial charge >= 0.3 is 17.9 Å². The molecular formula is C30H62O9S3. The summed E-state index contributed by atoms with van der Waals surface area (Å²) in [5.41, 5.74) is -0.667. The Balaban J connectivity index is -0.000000230. The number of thiol groups is 3. The van der Waals surface area contributed by atoms with Gasteiger partial charge in [0.15, 0.2) is 0 Å². The molecule has 0 radical (unpaired) electrons. The van der Waals surface area contributed by atoms with Crippen molar-refractivity contribution in [3.8, 4) is 0 Å². The predicted octanol–water partition coefficient (Wildman–Crippen LogP) is 6.38. The summed E-state index contributed by atoms with van der Waals surface area (Å²) in [4.78, 5) is 30.2. The van der Waals surface area contributed by atoms with Crippen molar-refractivity contribution in [1.29, 1.82) is 0 Å². The average Bonchev–Trinajstić information content (AvgIpc) is 2.96. The van der Waals surface area contributed by atoms with Gasteiger partial charge in [-0.05, 0) is 62.2 Å². The van der Waals surface area contributed by atoms with E-state index in [0.29, 0.717) is 25.7 Å². The molecular weight excluding hydrogens is 601 g/mol. The van der Waals surface area contributed by atoms with Crippen molar-refractivity contribution in [2.75, 3.05) is 37.1 Å². The van der Waals surface area contributed by atoms with Crippen LogP contribution in [0.3, 0.4) is 0 Å². The fourth-order valence-corrected chi connectivity index (χ4v) is 3.91. The van der Waals surface area contributed by atoms with Gasteiger partial charge in [-0.15, -0.1) is 0 Å². The third-order valence-electron chi connectivity index (χ3n) is 6.40. The van der Waals surface area contributed by atoms with Crippen LogP contribution in [-0.4, -0.2) is 85.6 Å². The molecule has 0 aliphatic carbocycles. The number of hydrogen-bond acceptors (Lipinski definition) is 9. The van der Waals surface area contributed by atoms with Crippen LogP contribution in [0.2, 0.25) is 0 Å². The number of carboxylic acids is 3. The van der Waals surface area contributed by atoms with Crippen molar-refractivity contribution in [3.05, 3.63) is 0 Å². The van der Waals surface area contributed by atoms with Crippen molar-refractivity contribution in [3.63, 3.8) is 0 Å². The Kier molecular flexibility index (Phi) is 46.3. The van der Waals surface area contributed by atoms with Gasteiger partial charge in [-0.1, -0.05) is 64.7 Å². The molecule has 0 fully saturated rings. The largest absolute Gasteiger partial charge is 0.481 e. The van der Waals surface area contributed by atoms with Gasteiger partial charge in [-0.25, -0.2) is 0 Å². The number of carboxylic acid groups (broad SMARTS) is 3. The van der Waals surface area contributed by atoms with E-state index in [0.717, 1.165) is 94.3 Å². The minimum Gasteiger partial charge on any atom is -0.481 e. The maximum absolute atomic E-state index is 10.1. The quantitative estimate of drug-likeness (QED) is 0.0397. The first kappa shape index (κ1) is 48.2. The SMILES string of the molecule is CCC(CO)(CO)CO.O=C(O)CCCCCCCS.O=C(O)CCCCCCCS.O=C(O)CCCCCCCS. The lowest BCUT2D eigenvalue weighted by Crippen LogP contribution is -2.32. The molecule has 0 bridgehead atoms. The van der Waals surface area contributed by atoms with E-state index in [4.69, 9.17) is 30.6 Å². The summed E-state index contributed by atoms with van der Waals surface area (Å²) >= 11 is 12.3. The number of rotatable bonds is 25. The molecule has 0 aromatic carbocycles. The summed E-state index contributed by atoms with van der Waals surface area (Å²) in [7, 11) is 0. The second kappa shape index (κ2) is 40.3. The minimum absolute atomic E-state index is 0.156. The van der Waals surface area contributed by atoms with E-state index in [1.165, 1.54) is 19.3 Å². The van der Waals surface area contributed by atoms with Crippen LogP contribution in [0.1, 0.15) is 129 Å². The second-order valence-corrected chi connectivity index (χ2v) is 11.6. The van der Waals surface area contributed by atoms with E-state index >= 15 is 0 Å². The lowest BCUT2D eigenvalue weighted by molar-refractivity contribution is -0.138. The van der Waals surface area contributed by atoms with Gasteiger partial charge in [0, 0.05) is 24.7 Å². The van der Waals surface area contributed by atoms with Gasteiger partial charge in [0.1, 0.15) is 0 Å². The van der Waals surface area contributed by atoms with E-state index in [1.54, 1.807) is 0 Å².